The van der Waals surface area contributed by atoms with Crippen molar-refractivity contribution in [3.05, 3.63) is 98.3 Å². The molecule has 0 fully saturated rings. The van der Waals surface area contributed by atoms with Crippen molar-refractivity contribution in [2.75, 3.05) is 5.75 Å². The molecule has 4 aromatic rings. The smallest absolute Gasteiger partial charge is 0.266 e. The number of thioether (sulfide) groups is 1. The second kappa shape index (κ2) is 8.64. The van der Waals surface area contributed by atoms with Gasteiger partial charge >= 0.3 is 0 Å². The van der Waals surface area contributed by atoms with Gasteiger partial charge in [0.2, 0.25) is 0 Å². The summed E-state index contributed by atoms with van der Waals surface area (Å²) in [6, 6.07) is 19.3. The average molecular weight is 455 g/mol. The topological polar surface area (TPSA) is 52.0 Å². The molecule has 0 unspecified atom stereocenters. The van der Waals surface area contributed by atoms with E-state index < -0.39 is 0 Å². The number of aryl methyl sites for hydroxylation is 1. The molecule has 150 valence electrons. The highest BCUT2D eigenvalue weighted by Gasteiger charge is 2.16. The number of Topliss-reactive ketones (excluding diaryl/α,β-unsaturated/α-hetero) is 1. The number of fused-ring (bicyclic) bond motifs is 1. The van der Waals surface area contributed by atoms with Crippen LogP contribution in [0, 0.1) is 6.92 Å². The Morgan fingerprint density at radius 1 is 1.03 bits per heavy atom. The van der Waals surface area contributed by atoms with Crippen molar-refractivity contribution in [2.24, 2.45) is 0 Å². The van der Waals surface area contributed by atoms with Gasteiger partial charge in [-0.2, -0.15) is 0 Å². The van der Waals surface area contributed by atoms with Crippen molar-refractivity contribution < 1.29 is 4.79 Å². The molecular formula is C23H16Cl2N2O2S. The van der Waals surface area contributed by atoms with Gasteiger partial charge in [-0.15, -0.1) is 0 Å². The molecule has 0 amide bonds. The highest BCUT2D eigenvalue weighted by Crippen LogP contribution is 2.25. The highest BCUT2D eigenvalue weighted by molar-refractivity contribution is 7.99. The summed E-state index contributed by atoms with van der Waals surface area (Å²) in [7, 11) is 0. The number of hydrogen-bond acceptors (Lipinski definition) is 4. The van der Waals surface area contributed by atoms with Gasteiger partial charge in [0.05, 0.1) is 22.3 Å². The van der Waals surface area contributed by atoms with Crippen LogP contribution in [0.3, 0.4) is 0 Å². The predicted octanol–water partition coefficient (Wildman–Crippen LogP) is 5.98. The van der Waals surface area contributed by atoms with Gasteiger partial charge in [0, 0.05) is 15.6 Å². The number of ketones is 1. The minimum Gasteiger partial charge on any atom is -0.293 e. The Morgan fingerprint density at radius 2 is 1.77 bits per heavy atom. The zero-order chi connectivity index (χ0) is 21.3. The maximum absolute atomic E-state index is 13.3. The highest BCUT2D eigenvalue weighted by atomic mass is 35.5. The van der Waals surface area contributed by atoms with Crippen LogP contribution in [-0.2, 0) is 0 Å². The SMILES string of the molecule is Cc1ccc(-n2c(SCC(=O)c3ccc(Cl)cc3)nc3ccccc3c2=O)cc1Cl. The summed E-state index contributed by atoms with van der Waals surface area (Å²) >= 11 is 13.4. The monoisotopic (exact) mass is 454 g/mol. The molecule has 7 heteroatoms. The molecule has 1 heterocycles. The summed E-state index contributed by atoms with van der Waals surface area (Å²) < 4.78 is 1.51. The van der Waals surface area contributed by atoms with Gasteiger partial charge in [0.15, 0.2) is 10.9 Å². The third-order valence-corrected chi connectivity index (χ3v) is 6.25. The Bertz CT molecular complexity index is 1320. The van der Waals surface area contributed by atoms with E-state index in [1.165, 1.54) is 16.3 Å². The molecule has 30 heavy (non-hydrogen) atoms. The van der Waals surface area contributed by atoms with Crippen LogP contribution in [0.1, 0.15) is 15.9 Å². The zero-order valence-corrected chi connectivity index (χ0v) is 18.3. The Balaban J connectivity index is 1.77. The van der Waals surface area contributed by atoms with Crippen LogP contribution in [0.25, 0.3) is 16.6 Å². The van der Waals surface area contributed by atoms with Crippen molar-refractivity contribution in [1.82, 2.24) is 9.55 Å². The van der Waals surface area contributed by atoms with E-state index in [2.05, 4.69) is 4.98 Å². The number of carbonyl (C=O) groups is 1. The summed E-state index contributed by atoms with van der Waals surface area (Å²) in [5.74, 6) is 0.0546. The van der Waals surface area contributed by atoms with E-state index in [4.69, 9.17) is 23.2 Å². The molecule has 0 radical (unpaired) electrons. The van der Waals surface area contributed by atoms with Crippen molar-refractivity contribution in [2.45, 2.75) is 12.1 Å². The third-order valence-electron chi connectivity index (χ3n) is 4.66. The number of benzene rings is 3. The molecule has 0 bridgehead atoms. The van der Waals surface area contributed by atoms with Gasteiger partial charge in [0.25, 0.3) is 5.56 Å². The summed E-state index contributed by atoms with van der Waals surface area (Å²) in [6.07, 6.45) is 0. The Morgan fingerprint density at radius 3 is 2.50 bits per heavy atom. The zero-order valence-electron chi connectivity index (χ0n) is 15.9. The molecule has 1 aromatic heterocycles. The first kappa shape index (κ1) is 20.7. The van der Waals surface area contributed by atoms with Crippen molar-refractivity contribution in [3.63, 3.8) is 0 Å². The maximum Gasteiger partial charge on any atom is 0.266 e. The number of carbonyl (C=O) groups excluding carboxylic acids is 1. The number of halogens is 2. The number of nitrogens with zero attached hydrogens (tertiary/aromatic N) is 2. The lowest BCUT2D eigenvalue weighted by Gasteiger charge is -2.14. The molecule has 0 atom stereocenters. The van der Waals surface area contributed by atoms with Gasteiger partial charge in [-0.05, 0) is 61.0 Å². The van der Waals surface area contributed by atoms with Crippen molar-refractivity contribution >= 4 is 51.6 Å². The number of para-hydroxylation sites is 1. The van der Waals surface area contributed by atoms with Crippen LogP contribution < -0.4 is 5.56 Å². The molecule has 4 nitrogen and oxygen atoms in total. The van der Waals surface area contributed by atoms with Gasteiger partial charge < -0.3 is 0 Å². The van der Waals surface area contributed by atoms with E-state index >= 15 is 0 Å². The minimum atomic E-state index is -0.207. The molecule has 0 saturated heterocycles. The second-order valence-corrected chi connectivity index (χ2v) is 8.49. The Kier molecular flexibility index (Phi) is 5.95. The molecule has 0 aliphatic carbocycles. The molecular weight excluding hydrogens is 439 g/mol. The van der Waals surface area contributed by atoms with E-state index in [1.807, 2.05) is 25.1 Å². The lowest BCUT2D eigenvalue weighted by molar-refractivity contribution is 0.102. The average Bonchev–Trinajstić information content (AvgIpc) is 2.75. The first-order valence-corrected chi connectivity index (χ1v) is 10.9. The van der Waals surface area contributed by atoms with Gasteiger partial charge in [-0.3, -0.25) is 14.2 Å². The lowest BCUT2D eigenvalue weighted by atomic mass is 10.1. The van der Waals surface area contributed by atoms with Crippen LogP contribution >= 0.6 is 35.0 Å². The number of aromatic nitrogens is 2. The van der Waals surface area contributed by atoms with E-state index in [-0.39, 0.29) is 17.1 Å². The lowest BCUT2D eigenvalue weighted by Crippen LogP contribution is -2.22. The first-order chi connectivity index (χ1) is 14.4. The summed E-state index contributed by atoms with van der Waals surface area (Å²) in [5.41, 5.74) is 2.45. The largest absolute Gasteiger partial charge is 0.293 e. The Hall–Kier alpha value is -2.60. The van der Waals surface area contributed by atoms with Crippen LogP contribution in [-0.4, -0.2) is 21.1 Å². The molecule has 0 aliphatic heterocycles. The maximum atomic E-state index is 13.3. The van der Waals surface area contributed by atoms with E-state index in [9.17, 15) is 9.59 Å². The second-order valence-electron chi connectivity index (χ2n) is 6.70. The quantitative estimate of drug-likeness (QED) is 0.211. The van der Waals surface area contributed by atoms with Crippen LogP contribution in [0.5, 0.6) is 0 Å². The molecule has 0 N–H and O–H groups in total. The predicted molar refractivity (Wildman–Crippen MR) is 124 cm³/mol. The summed E-state index contributed by atoms with van der Waals surface area (Å²) in [6.45, 7) is 1.90. The van der Waals surface area contributed by atoms with Crippen molar-refractivity contribution in [1.29, 1.82) is 0 Å². The van der Waals surface area contributed by atoms with Gasteiger partial charge in [-0.25, -0.2) is 4.98 Å². The van der Waals surface area contributed by atoms with Gasteiger partial charge in [-0.1, -0.05) is 53.2 Å². The molecule has 0 aliphatic rings. The van der Waals surface area contributed by atoms with Crippen LogP contribution in [0.4, 0.5) is 0 Å². The number of rotatable bonds is 5. The Labute approximate surface area is 187 Å². The van der Waals surface area contributed by atoms with E-state index in [0.29, 0.717) is 37.4 Å². The molecule has 0 saturated carbocycles. The van der Waals surface area contributed by atoms with Gasteiger partial charge in [0.1, 0.15) is 0 Å². The fraction of sp³-hybridized carbons (Fsp3) is 0.0870. The van der Waals surface area contributed by atoms with E-state index in [0.717, 1.165) is 5.56 Å². The molecule has 0 spiro atoms. The number of hydrogen-bond donors (Lipinski definition) is 0. The normalized spacial score (nSPS) is 11.0. The van der Waals surface area contributed by atoms with E-state index in [1.54, 1.807) is 48.5 Å². The first-order valence-electron chi connectivity index (χ1n) is 9.14. The standard InChI is InChI=1S/C23H16Cl2N2O2S/c1-14-6-11-17(12-19(14)25)27-22(29)18-4-2-3-5-20(18)26-23(27)30-13-21(28)15-7-9-16(24)10-8-15/h2-12H,13H2,1H3. The minimum absolute atomic E-state index is 0.0763. The molecule has 3 aromatic carbocycles. The van der Waals surface area contributed by atoms with Crippen LogP contribution in [0.15, 0.2) is 76.7 Å². The fourth-order valence-electron chi connectivity index (χ4n) is 3.01. The summed E-state index contributed by atoms with van der Waals surface area (Å²) in [5, 5.41) is 2.06. The summed E-state index contributed by atoms with van der Waals surface area (Å²) in [4.78, 5) is 30.5. The van der Waals surface area contributed by atoms with Crippen molar-refractivity contribution in [3.8, 4) is 5.69 Å². The third kappa shape index (κ3) is 4.15. The molecule has 4 rings (SSSR count). The van der Waals surface area contributed by atoms with Crippen LogP contribution in [0.2, 0.25) is 10.0 Å². The fourth-order valence-corrected chi connectivity index (χ4v) is 4.21.